The van der Waals surface area contributed by atoms with Gasteiger partial charge >= 0.3 is 0 Å². The Labute approximate surface area is 201 Å². The predicted molar refractivity (Wildman–Crippen MR) is 128 cm³/mol. The lowest BCUT2D eigenvalue weighted by molar-refractivity contribution is 0.0539. The lowest BCUT2D eigenvalue weighted by atomic mass is 9.89. The molecule has 2 atom stereocenters. The molecule has 35 heavy (non-hydrogen) atoms. The van der Waals surface area contributed by atoms with Crippen LogP contribution >= 0.6 is 0 Å². The second-order valence-corrected chi connectivity index (χ2v) is 8.92. The molecule has 0 aliphatic carbocycles. The average molecular weight is 478 g/mol. The molecule has 1 aliphatic rings. The topological polar surface area (TPSA) is 84.2 Å². The molecule has 2 aromatic heterocycles. The number of anilines is 1. The molecular weight excluding hydrogens is 452 g/mol. The number of nitrogens with one attached hydrogen (secondary N) is 1. The fourth-order valence-electron chi connectivity index (χ4n) is 4.77. The van der Waals surface area contributed by atoms with Gasteiger partial charge in [-0.05, 0) is 61.6 Å². The SMILES string of the molecule is Cc1cc(F)cc(-c2ncccn2)c1C(=O)N1CCCC(C)C1CNc1nc2cc(F)ccc2o1. The van der Waals surface area contributed by atoms with Crippen molar-refractivity contribution in [3.05, 3.63) is 71.6 Å². The van der Waals surface area contributed by atoms with Crippen LogP contribution < -0.4 is 5.32 Å². The first-order valence-corrected chi connectivity index (χ1v) is 11.6. The van der Waals surface area contributed by atoms with Gasteiger partial charge in [0.05, 0.1) is 11.6 Å². The van der Waals surface area contributed by atoms with Crippen molar-refractivity contribution >= 4 is 23.0 Å². The molecule has 1 aliphatic heterocycles. The van der Waals surface area contributed by atoms with Gasteiger partial charge < -0.3 is 14.6 Å². The Bertz CT molecular complexity index is 1380. The Morgan fingerprint density at radius 3 is 2.77 bits per heavy atom. The summed E-state index contributed by atoms with van der Waals surface area (Å²) in [5.74, 6) is -0.513. The van der Waals surface area contributed by atoms with Gasteiger partial charge in [-0.25, -0.2) is 18.7 Å². The third-order valence-corrected chi connectivity index (χ3v) is 6.51. The molecule has 0 radical (unpaired) electrons. The second kappa shape index (κ2) is 9.40. The summed E-state index contributed by atoms with van der Waals surface area (Å²) < 4.78 is 33.5. The number of carbonyl (C=O) groups excluding carboxylic acids is 1. The van der Waals surface area contributed by atoms with Gasteiger partial charge in [-0.3, -0.25) is 4.79 Å². The first kappa shape index (κ1) is 22.9. The predicted octanol–water partition coefficient (Wildman–Crippen LogP) is 5.22. The van der Waals surface area contributed by atoms with E-state index in [0.29, 0.717) is 46.7 Å². The summed E-state index contributed by atoms with van der Waals surface area (Å²) in [4.78, 5) is 28.5. The van der Waals surface area contributed by atoms with Crippen LogP contribution in [0.25, 0.3) is 22.5 Å². The maximum atomic E-state index is 14.3. The lowest BCUT2D eigenvalue weighted by Gasteiger charge is -2.40. The zero-order valence-electron chi connectivity index (χ0n) is 19.5. The number of hydrogen-bond acceptors (Lipinski definition) is 6. The van der Waals surface area contributed by atoms with Gasteiger partial charge in [-0.2, -0.15) is 4.98 Å². The molecule has 7 nitrogen and oxygen atoms in total. The van der Waals surface area contributed by atoms with Gasteiger partial charge in [0.2, 0.25) is 0 Å². The number of likely N-dealkylation sites (tertiary alicyclic amines) is 1. The normalized spacial score (nSPS) is 18.1. The van der Waals surface area contributed by atoms with E-state index in [2.05, 4.69) is 27.2 Å². The number of hydrogen-bond donors (Lipinski definition) is 1. The van der Waals surface area contributed by atoms with Crippen molar-refractivity contribution in [3.8, 4) is 11.4 Å². The zero-order chi connectivity index (χ0) is 24.5. The quantitative estimate of drug-likeness (QED) is 0.424. The Hall–Kier alpha value is -3.88. The number of aromatic nitrogens is 3. The fourth-order valence-corrected chi connectivity index (χ4v) is 4.77. The number of rotatable bonds is 5. The Morgan fingerprint density at radius 1 is 1.17 bits per heavy atom. The van der Waals surface area contributed by atoms with Crippen molar-refractivity contribution in [2.75, 3.05) is 18.4 Å². The van der Waals surface area contributed by atoms with Crippen molar-refractivity contribution in [1.29, 1.82) is 0 Å². The zero-order valence-corrected chi connectivity index (χ0v) is 19.5. The Morgan fingerprint density at radius 2 is 1.97 bits per heavy atom. The number of piperidine rings is 1. The van der Waals surface area contributed by atoms with Crippen LogP contribution in [0.15, 0.2) is 53.2 Å². The second-order valence-electron chi connectivity index (χ2n) is 8.92. The van der Waals surface area contributed by atoms with E-state index in [1.54, 1.807) is 25.4 Å². The highest BCUT2D eigenvalue weighted by molar-refractivity contribution is 6.01. The van der Waals surface area contributed by atoms with Crippen molar-refractivity contribution in [1.82, 2.24) is 19.9 Å². The van der Waals surface area contributed by atoms with Crippen molar-refractivity contribution < 1.29 is 18.0 Å². The third-order valence-electron chi connectivity index (χ3n) is 6.51. The maximum absolute atomic E-state index is 14.3. The number of oxazole rings is 1. The number of amides is 1. The van der Waals surface area contributed by atoms with Gasteiger partial charge in [0.15, 0.2) is 11.4 Å². The molecule has 3 heterocycles. The summed E-state index contributed by atoms with van der Waals surface area (Å²) in [5, 5.41) is 3.18. The van der Waals surface area contributed by atoms with Crippen LogP contribution in [0.2, 0.25) is 0 Å². The largest absolute Gasteiger partial charge is 0.424 e. The highest BCUT2D eigenvalue weighted by atomic mass is 19.1. The molecule has 2 unspecified atom stereocenters. The highest BCUT2D eigenvalue weighted by Crippen LogP contribution is 2.31. The van der Waals surface area contributed by atoms with Gasteiger partial charge in [0.1, 0.15) is 17.2 Å². The summed E-state index contributed by atoms with van der Waals surface area (Å²) in [7, 11) is 0. The molecular formula is C26H25F2N5O2. The molecule has 9 heteroatoms. The average Bonchev–Trinajstić information content (AvgIpc) is 3.25. The number of carbonyl (C=O) groups is 1. The van der Waals surface area contributed by atoms with Gasteiger partial charge in [-0.15, -0.1) is 0 Å². The number of benzene rings is 2. The molecule has 0 saturated carbocycles. The smallest absolute Gasteiger partial charge is 0.295 e. The molecule has 2 aromatic carbocycles. The number of aryl methyl sites for hydroxylation is 1. The summed E-state index contributed by atoms with van der Waals surface area (Å²) in [6.45, 7) is 4.80. The minimum absolute atomic E-state index is 0.156. The number of nitrogens with zero attached hydrogens (tertiary/aromatic N) is 4. The van der Waals surface area contributed by atoms with E-state index in [1.165, 1.54) is 30.3 Å². The molecule has 4 aromatic rings. The van der Waals surface area contributed by atoms with Crippen LogP contribution in [-0.2, 0) is 0 Å². The molecule has 180 valence electrons. The molecule has 0 spiro atoms. The van der Waals surface area contributed by atoms with Gasteiger partial charge in [0, 0.05) is 37.1 Å². The molecule has 0 bridgehead atoms. The summed E-state index contributed by atoms with van der Waals surface area (Å²) in [6, 6.07) is 8.63. The molecule has 1 N–H and O–H groups in total. The Kier molecular flexibility index (Phi) is 6.15. The van der Waals surface area contributed by atoms with Crippen LogP contribution in [0.1, 0.15) is 35.7 Å². The number of fused-ring (bicyclic) bond motifs is 1. The van der Waals surface area contributed by atoms with E-state index in [-0.39, 0.29) is 29.7 Å². The van der Waals surface area contributed by atoms with Gasteiger partial charge in [-0.1, -0.05) is 6.92 Å². The van der Waals surface area contributed by atoms with E-state index < -0.39 is 5.82 Å². The maximum Gasteiger partial charge on any atom is 0.295 e. The minimum Gasteiger partial charge on any atom is -0.424 e. The molecule has 1 amide bonds. The number of halogens is 2. The summed E-state index contributed by atoms with van der Waals surface area (Å²) in [6.07, 6.45) is 4.96. The van der Waals surface area contributed by atoms with Crippen molar-refractivity contribution in [3.63, 3.8) is 0 Å². The van der Waals surface area contributed by atoms with Crippen LogP contribution in [0.3, 0.4) is 0 Å². The van der Waals surface area contributed by atoms with Crippen LogP contribution in [0, 0.1) is 24.5 Å². The van der Waals surface area contributed by atoms with Crippen LogP contribution in [0.5, 0.6) is 0 Å². The van der Waals surface area contributed by atoms with E-state index in [4.69, 9.17) is 4.42 Å². The Balaban J connectivity index is 1.44. The lowest BCUT2D eigenvalue weighted by Crippen LogP contribution is -2.51. The molecule has 5 rings (SSSR count). The van der Waals surface area contributed by atoms with E-state index >= 15 is 0 Å². The molecule has 1 fully saturated rings. The highest BCUT2D eigenvalue weighted by Gasteiger charge is 2.34. The van der Waals surface area contributed by atoms with E-state index in [1.807, 2.05) is 4.90 Å². The fraction of sp³-hybridized carbons (Fsp3) is 0.308. The summed E-state index contributed by atoms with van der Waals surface area (Å²) >= 11 is 0. The van der Waals surface area contributed by atoms with E-state index in [0.717, 1.165) is 12.8 Å². The minimum atomic E-state index is -0.445. The van der Waals surface area contributed by atoms with E-state index in [9.17, 15) is 13.6 Å². The standard InChI is InChI=1S/C26H25F2N5O2/c1-15-5-3-10-33(21(15)14-31-26-32-20-13-17(27)6-7-22(20)35-26)25(34)23-16(2)11-18(28)12-19(23)24-29-8-4-9-30-24/h4,6-9,11-13,15,21H,3,5,10,14H2,1-2H3,(H,31,32). The summed E-state index contributed by atoms with van der Waals surface area (Å²) in [5.41, 5.74) is 2.20. The van der Waals surface area contributed by atoms with Crippen LogP contribution in [-0.4, -0.2) is 44.9 Å². The van der Waals surface area contributed by atoms with Crippen molar-refractivity contribution in [2.45, 2.75) is 32.7 Å². The van der Waals surface area contributed by atoms with Crippen LogP contribution in [0.4, 0.5) is 14.8 Å². The first-order valence-electron chi connectivity index (χ1n) is 11.6. The molecule has 1 saturated heterocycles. The van der Waals surface area contributed by atoms with Gasteiger partial charge in [0.25, 0.3) is 11.9 Å². The van der Waals surface area contributed by atoms with Crippen molar-refractivity contribution in [2.24, 2.45) is 5.92 Å². The first-order chi connectivity index (χ1) is 16.9. The third kappa shape index (κ3) is 4.58. The monoisotopic (exact) mass is 477 g/mol.